The molecule has 2 aromatic rings. The van der Waals surface area contributed by atoms with E-state index in [0.717, 1.165) is 36.1 Å². The summed E-state index contributed by atoms with van der Waals surface area (Å²) in [6.07, 6.45) is 5.33. The Balaban J connectivity index is 1.88. The van der Waals surface area contributed by atoms with E-state index in [1.165, 1.54) is 18.6 Å². The number of piperidine rings is 1. The molecule has 24 heavy (non-hydrogen) atoms. The highest BCUT2D eigenvalue weighted by Gasteiger charge is 2.18. The molecule has 3 rings (SSSR count). The van der Waals surface area contributed by atoms with Gasteiger partial charge in [-0.25, -0.2) is 4.39 Å². The lowest BCUT2D eigenvalue weighted by Crippen LogP contribution is -2.30. The van der Waals surface area contributed by atoms with Crippen LogP contribution in [0.25, 0.3) is 0 Å². The number of rotatable bonds is 4. The van der Waals surface area contributed by atoms with Gasteiger partial charge in [0.15, 0.2) is 0 Å². The van der Waals surface area contributed by atoms with Gasteiger partial charge in [-0.3, -0.25) is 4.79 Å². The monoisotopic (exact) mass is 393 g/mol. The molecule has 2 heterocycles. The smallest absolute Gasteiger partial charge is 0.272 e. The summed E-state index contributed by atoms with van der Waals surface area (Å²) in [4.78, 5) is 14.9. The number of halogens is 2. The first-order valence-corrected chi connectivity index (χ1v) is 9.09. The molecule has 6 heteroatoms. The van der Waals surface area contributed by atoms with E-state index in [0.29, 0.717) is 17.9 Å². The maximum Gasteiger partial charge on any atom is 0.272 e. The Morgan fingerprint density at radius 2 is 2.00 bits per heavy atom. The van der Waals surface area contributed by atoms with Gasteiger partial charge in [0.05, 0.1) is 11.4 Å². The molecule has 4 nitrogen and oxygen atoms in total. The molecule has 1 amide bonds. The van der Waals surface area contributed by atoms with E-state index in [1.54, 1.807) is 12.1 Å². The zero-order valence-electron chi connectivity index (χ0n) is 13.7. The van der Waals surface area contributed by atoms with Crippen LogP contribution in [0.2, 0.25) is 0 Å². The fraction of sp³-hybridized carbons (Fsp3) is 0.389. The summed E-state index contributed by atoms with van der Waals surface area (Å²) in [6.45, 7) is 4.54. The summed E-state index contributed by atoms with van der Waals surface area (Å²) in [5.41, 5.74) is 1.97. The van der Waals surface area contributed by atoms with Crippen LogP contribution in [0.15, 0.2) is 34.9 Å². The molecule has 0 unspecified atom stereocenters. The average Bonchev–Trinajstić information content (AvgIpc) is 2.97. The molecule has 1 aliphatic rings. The lowest BCUT2D eigenvalue weighted by molar-refractivity contribution is 0.101. The number of carbonyl (C=O) groups excluding carboxylic acids is 1. The first-order chi connectivity index (χ1) is 11.6. The number of nitrogens with one attached hydrogen (secondary N) is 1. The average molecular weight is 394 g/mol. The number of hydrogen-bond acceptors (Lipinski definition) is 2. The van der Waals surface area contributed by atoms with E-state index in [9.17, 15) is 9.18 Å². The molecular weight excluding hydrogens is 373 g/mol. The van der Waals surface area contributed by atoms with Crippen molar-refractivity contribution in [2.45, 2.75) is 32.7 Å². The van der Waals surface area contributed by atoms with Crippen LogP contribution in [-0.4, -0.2) is 23.6 Å². The minimum atomic E-state index is -0.349. The third kappa shape index (κ3) is 3.64. The van der Waals surface area contributed by atoms with Crippen LogP contribution in [-0.2, 0) is 6.54 Å². The maximum atomic E-state index is 13.7. The van der Waals surface area contributed by atoms with Crippen molar-refractivity contribution in [3.05, 3.63) is 46.4 Å². The van der Waals surface area contributed by atoms with Crippen molar-refractivity contribution in [3.8, 4) is 0 Å². The summed E-state index contributed by atoms with van der Waals surface area (Å²) < 4.78 is 16.4. The van der Waals surface area contributed by atoms with Crippen molar-refractivity contribution in [2.75, 3.05) is 23.3 Å². The second-order valence-electron chi connectivity index (χ2n) is 5.99. The summed E-state index contributed by atoms with van der Waals surface area (Å²) in [5, 5.41) is 2.89. The van der Waals surface area contributed by atoms with E-state index < -0.39 is 0 Å². The highest BCUT2D eigenvalue weighted by Crippen LogP contribution is 2.30. The molecule has 128 valence electrons. The molecule has 0 bridgehead atoms. The highest BCUT2D eigenvalue weighted by atomic mass is 79.9. The number of hydrogen-bond donors (Lipinski definition) is 1. The lowest BCUT2D eigenvalue weighted by atomic mass is 10.1. The van der Waals surface area contributed by atoms with Crippen LogP contribution in [0, 0.1) is 5.82 Å². The third-order valence-corrected chi connectivity index (χ3v) is 4.77. The van der Waals surface area contributed by atoms with Gasteiger partial charge in [-0.05, 0) is 66.4 Å². The first kappa shape index (κ1) is 17.0. The van der Waals surface area contributed by atoms with E-state index in [4.69, 9.17) is 0 Å². The van der Waals surface area contributed by atoms with Gasteiger partial charge in [0.2, 0.25) is 0 Å². The van der Waals surface area contributed by atoms with Gasteiger partial charge >= 0.3 is 0 Å². The molecule has 0 saturated carbocycles. The zero-order valence-corrected chi connectivity index (χ0v) is 15.3. The predicted octanol–water partition coefficient (Wildman–Crippen LogP) is 4.65. The van der Waals surface area contributed by atoms with Crippen LogP contribution in [0.5, 0.6) is 0 Å². The Morgan fingerprint density at radius 3 is 2.71 bits per heavy atom. The Kier molecular flexibility index (Phi) is 5.23. The van der Waals surface area contributed by atoms with Gasteiger partial charge < -0.3 is 14.8 Å². The standard InChI is InChI=1S/C18H21BrFN3O/c1-2-22-12-13(19)10-17(22)18(24)21-15-11-14(20)6-7-16(15)23-8-4-3-5-9-23/h6-7,10-12H,2-5,8-9H2,1H3,(H,21,24). The molecule has 1 fully saturated rings. The van der Waals surface area contributed by atoms with Gasteiger partial charge in [0.25, 0.3) is 5.91 Å². The normalized spacial score (nSPS) is 14.7. The molecule has 1 saturated heterocycles. The maximum absolute atomic E-state index is 13.7. The lowest BCUT2D eigenvalue weighted by Gasteiger charge is -2.30. The summed E-state index contributed by atoms with van der Waals surface area (Å²) in [7, 11) is 0. The van der Waals surface area contributed by atoms with Gasteiger partial charge in [-0.2, -0.15) is 0 Å². The Labute approximate surface area is 149 Å². The molecule has 1 aromatic carbocycles. The van der Waals surface area contributed by atoms with Crippen LogP contribution in [0.3, 0.4) is 0 Å². The largest absolute Gasteiger partial charge is 0.370 e. The van der Waals surface area contributed by atoms with E-state index in [2.05, 4.69) is 26.1 Å². The summed E-state index contributed by atoms with van der Waals surface area (Å²) in [5.74, 6) is -0.579. The van der Waals surface area contributed by atoms with Gasteiger partial charge in [-0.1, -0.05) is 0 Å². The van der Waals surface area contributed by atoms with Crippen molar-refractivity contribution in [1.82, 2.24) is 4.57 Å². The number of anilines is 2. The van der Waals surface area contributed by atoms with E-state index in [-0.39, 0.29) is 11.7 Å². The van der Waals surface area contributed by atoms with Gasteiger partial charge in [0.1, 0.15) is 11.5 Å². The minimum Gasteiger partial charge on any atom is -0.370 e. The molecule has 0 spiro atoms. The molecule has 0 radical (unpaired) electrons. The first-order valence-electron chi connectivity index (χ1n) is 8.30. The summed E-state index contributed by atoms with van der Waals surface area (Å²) in [6, 6.07) is 6.38. The van der Waals surface area contributed by atoms with Crippen molar-refractivity contribution in [2.24, 2.45) is 0 Å². The Bertz CT molecular complexity index is 738. The van der Waals surface area contributed by atoms with Crippen LogP contribution >= 0.6 is 15.9 Å². The topological polar surface area (TPSA) is 37.3 Å². The molecule has 1 aliphatic heterocycles. The van der Waals surface area contributed by atoms with Gasteiger partial charge in [0, 0.05) is 30.3 Å². The number of amides is 1. The predicted molar refractivity (Wildman–Crippen MR) is 98.2 cm³/mol. The second-order valence-corrected chi connectivity index (χ2v) is 6.91. The number of aromatic nitrogens is 1. The number of aryl methyl sites for hydroxylation is 1. The SMILES string of the molecule is CCn1cc(Br)cc1C(=O)Nc1cc(F)ccc1N1CCCCC1. The fourth-order valence-corrected chi connectivity index (χ4v) is 3.60. The van der Waals surface area contributed by atoms with Crippen molar-refractivity contribution >= 4 is 33.2 Å². The van der Waals surface area contributed by atoms with Crippen LogP contribution in [0.1, 0.15) is 36.7 Å². The van der Waals surface area contributed by atoms with Crippen LogP contribution < -0.4 is 10.2 Å². The van der Waals surface area contributed by atoms with E-state index in [1.807, 2.05) is 17.7 Å². The van der Waals surface area contributed by atoms with Crippen molar-refractivity contribution < 1.29 is 9.18 Å². The fourth-order valence-electron chi connectivity index (χ4n) is 3.13. The molecule has 0 aliphatic carbocycles. The molecular formula is C18H21BrFN3O. The Hall–Kier alpha value is -1.82. The molecule has 0 atom stereocenters. The third-order valence-electron chi connectivity index (χ3n) is 4.34. The van der Waals surface area contributed by atoms with Crippen LogP contribution in [0.4, 0.5) is 15.8 Å². The molecule has 1 aromatic heterocycles. The number of nitrogens with zero attached hydrogens (tertiary/aromatic N) is 2. The number of benzene rings is 1. The highest BCUT2D eigenvalue weighted by molar-refractivity contribution is 9.10. The minimum absolute atomic E-state index is 0.230. The van der Waals surface area contributed by atoms with Gasteiger partial charge in [-0.15, -0.1) is 0 Å². The Morgan fingerprint density at radius 1 is 1.25 bits per heavy atom. The van der Waals surface area contributed by atoms with E-state index >= 15 is 0 Å². The summed E-state index contributed by atoms with van der Waals surface area (Å²) >= 11 is 3.40. The molecule has 1 N–H and O–H groups in total. The second kappa shape index (κ2) is 7.38. The quantitative estimate of drug-likeness (QED) is 0.820. The zero-order chi connectivity index (χ0) is 17.1. The van der Waals surface area contributed by atoms with Crippen molar-refractivity contribution in [3.63, 3.8) is 0 Å². The number of carbonyl (C=O) groups is 1. The van der Waals surface area contributed by atoms with Crippen molar-refractivity contribution in [1.29, 1.82) is 0 Å².